The highest BCUT2D eigenvalue weighted by atomic mass is 32.2. The fourth-order valence-corrected chi connectivity index (χ4v) is 5.06. The van der Waals surface area contributed by atoms with Crippen molar-refractivity contribution in [3.8, 4) is 10.6 Å². The van der Waals surface area contributed by atoms with Crippen LogP contribution >= 0.6 is 23.1 Å². The van der Waals surface area contributed by atoms with Crippen molar-refractivity contribution in [2.75, 3.05) is 25.5 Å². The van der Waals surface area contributed by atoms with Crippen molar-refractivity contribution in [2.24, 2.45) is 0 Å². The Balaban J connectivity index is 1.56. The van der Waals surface area contributed by atoms with E-state index < -0.39 is 0 Å². The number of furan rings is 1. The molecule has 1 amide bonds. The second kappa shape index (κ2) is 6.06. The summed E-state index contributed by atoms with van der Waals surface area (Å²) in [6.45, 7) is 2.28. The number of hydrogen-bond acceptors (Lipinski definition) is 6. The highest BCUT2D eigenvalue weighted by molar-refractivity contribution is 8.00. The van der Waals surface area contributed by atoms with Gasteiger partial charge in [-0.15, -0.1) is 11.3 Å². The maximum atomic E-state index is 12.8. The molecule has 2 aromatic rings. The van der Waals surface area contributed by atoms with Crippen molar-refractivity contribution in [3.63, 3.8) is 0 Å². The molecule has 7 heteroatoms. The van der Waals surface area contributed by atoms with Crippen LogP contribution in [0.15, 0.2) is 28.4 Å². The molecule has 0 bridgehead atoms. The number of thioether (sulfide) groups is 1. The van der Waals surface area contributed by atoms with Gasteiger partial charge in [0, 0.05) is 41.1 Å². The summed E-state index contributed by atoms with van der Waals surface area (Å²) in [5, 5.41) is 3.08. The number of thiazole rings is 1. The highest BCUT2D eigenvalue weighted by Gasteiger charge is 2.37. The van der Waals surface area contributed by atoms with Gasteiger partial charge in [0.1, 0.15) is 17.0 Å². The fourth-order valence-electron chi connectivity index (χ4n) is 2.97. The number of fused-ring (bicyclic) bond motifs is 1. The topological polar surface area (TPSA) is 55.6 Å². The minimum atomic E-state index is 0.0446. The molecule has 0 aromatic carbocycles. The molecule has 2 atom stereocenters. The van der Waals surface area contributed by atoms with Crippen LogP contribution in [0.2, 0.25) is 0 Å². The highest BCUT2D eigenvalue weighted by Crippen LogP contribution is 2.32. The number of aromatic nitrogens is 1. The summed E-state index contributed by atoms with van der Waals surface area (Å²) in [5.74, 6) is 1.01. The van der Waals surface area contributed by atoms with Crippen molar-refractivity contribution in [2.45, 2.75) is 17.7 Å². The largest absolute Gasteiger partial charge is 0.472 e. The molecule has 2 aliphatic heterocycles. The molecule has 5 nitrogen and oxygen atoms in total. The second-order valence-corrected chi connectivity index (χ2v) is 7.59. The zero-order valence-electron chi connectivity index (χ0n) is 11.9. The van der Waals surface area contributed by atoms with Gasteiger partial charge in [0.05, 0.1) is 12.9 Å². The van der Waals surface area contributed by atoms with E-state index in [0.29, 0.717) is 10.9 Å². The predicted molar refractivity (Wildman–Crippen MR) is 86.3 cm³/mol. The summed E-state index contributed by atoms with van der Waals surface area (Å²) in [4.78, 5) is 19.3. The molecule has 4 rings (SSSR count). The first-order valence-corrected chi connectivity index (χ1v) is 9.24. The molecule has 2 saturated heterocycles. The van der Waals surface area contributed by atoms with Gasteiger partial charge in [0.15, 0.2) is 0 Å². The van der Waals surface area contributed by atoms with Crippen molar-refractivity contribution in [1.29, 1.82) is 0 Å². The van der Waals surface area contributed by atoms with Gasteiger partial charge in [0.2, 0.25) is 0 Å². The van der Waals surface area contributed by atoms with Crippen molar-refractivity contribution < 1.29 is 13.9 Å². The van der Waals surface area contributed by atoms with Gasteiger partial charge < -0.3 is 14.1 Å². The first-order chi connectivity index (χ1) is 10.8. The Hall–Kier alpha value is -1.31. The van der Waals surface area contributed by atoms with Gasteiger partial charge in [-0.25, -0.2) is 4.98 Å². The van der Waals surface area contributed by atoms with Crippen LogP contribution in [-0.2, 0) is 4.74 Å². The van der Waals surface area contributed by atoms with E-state index in [2.05, 4.69) is 4.98 Å². The van der Waals surface area contributed by atoms with E-state index in [9.17, 15) is 4.79 Å². The van der Waals surface area contributed by atoms with Crippen LogP contribution in [0.25, 0.3) is 10.6 Å². The zero-order valence-corrected chi connectivity index (χ0v) is 13.6. The number of carbonyl (C=O) groups excluding carboxylic acids is 1. The first-order valence-electron chi connectivity index (χ1n) is 7.31. The summed E-state index contributed by atoms with van der Waals surface area (Å²) in [6.07, 6.45) is 4.19. The Labute approximate surface area is 136 Å². The lowest BCUT2D eigenvalue weighted by atomic mass is 10.1. The molecular weight excluding hydrogens is 320 g/mol. The number of ether oxygens (including phenoxy) is 1. The number of nitrogens with zero attached hydrogens (tertiary/aromatic N) is 2. The molecule has 116 valence electrons. The molecular formula is C15H16N2O3S2. The summed E-state index contributed by atoms with van der Waals surface area (Å²) in [5.41, 5.74) is 1.46. The summed E-state index contributed by atoms with van der Waals surface area (Å²) in [6, 6.07) is 2.14. The molecule has 22 heavy (non-hydrogen) atoms. The maximum absolute atomic E-state index is 12.8. The van der Waals surface area contributed by atoms with E-state index in [-0.39, 0.29) is 11.9 Å². The Kier molecular flexibility index (Phi) is 3.94. The lowest BCUT2D eigenvalue weighted by molar-refractivity contribution is 0.0316. The average Bonchev–Trinajstić information content (AvgIpc) is 3.24. The first kappa shape index (κ1) is 14.3. The van der Waals surface area contributed by atoms with Crippen LogP contribution in [0.1, 0.15) is 16.9 Å². The van der Waals surface area contributed by atoms with E-state index in [1.165, 1.54) is 11.3 Å². The number of rotatable bonds is 2. The quantitative estimate of drug-likeness (QED) is 0.844. The maximum Gasteiger partial charge on any atom is 0.273 e. The van der Waals surface area contributed by atoms with Crippen molar-refractivity contribution >= 4 is 29.0 Å². The molecule has 2 aliphatic rings. The lowest BCUT2D eigenvalue weighted by Gasteiger charge is -2.43. The van der Waals surface area contributed by atoms with Crippen LogP contribution < -0.4 is 0 Å². The molecule has 0 radical (unpaired) electrons. The van der Waals surface area contributed by atoms with E-state index >= 15 is 0 Å². The minimum Gasteiger partial charge on any atom is -0.472 e. The number of carbonyl (C=O) groups is 1. The SMILES string of the molecule is O=C(c1csc(-c2ccoc2)n1)N1CCS[C@@H]2COCC[C@H]21. The fraction of sp³-hybridized carbons (Fsp3) is 0.467. The van der Waals surface area contributed by atoms with Gasteiger partial charge in [0.25, 0.3) is 5.91 Å². The van der Waals surface area contributed by atoms with Crippen LogP contribution in [0.4, 0.5) is 0 Å². The molecule has 0 unspecified atom stereocenters. The van der Waals surface area contributed by atoms with Gasteiger partial charge in [-0.3, -0.25) is 4.79 Å². The third kappa shape index (κ3) is 2.57. The normalized spacial score (nSPS) is 25.0. The molecule has 2 aromatic heterocycles. The summed E-state index contributed by atoms with van der Waals surface area (Å²) in [7, 11) is 0. The summed E-state index contributed by atoms with van der Waals surface area (Å²) < 4.78 is 10.6. The van der Waals surface area contributed by atoms with Crippen molar-refractivity contribution in [1.82, 2.24) is 9.88 Å². The average molecular weight is 336 g/mol. The third-order valence-corrected chi connectivity index (χ3v) is 6.27. The Morgan fingerprint density at radius 3 is 3.27 bits per heavy atom. The monoisotopic (exact) mass is 336 g/mol. The van der Waals surface area contributed by atoms with Gasteiger partial charge in [-0.05, 0) is 12.5 Å². The lowest BCUT2D eigenvalue weighted by Crippen LogP contribution is -2.54. The van der Waals surface area contributed by atoms with Crippen LogP contribution in [0.3, 0.4) is 0 Å². The third-order valence-electron chi connectivity index (χ3n) is 4.09. The van der Waals surface area contributed by atoms with E-state index in [0.717, 1.165) is 42.5 Å². The molecule has 2 fully saturated rings. The smallest absolute Gasteiger partial charge is 0.273 e. The Bertz CT molecular complexity index is 654. The molecule has 4 heterocycles. The van der Waals surface area contributed by atoms with Gasteiger partial charge in [-0.2, -0.15) is 11.8 Å². The predicted octanol–water partition coefficient (Wildman–Crippen LogP) is 2.75. The van der Waals surface area contributed by atoms with Crippen molar-refractivity contribution in [3.05, 3.63) is 29.7 Å². The van der Waals surface area contributed by atoms with E-state index in [4.69, 9.17) is 9.15 Å². The Morgan fingerprint density at radius 1 is 1.45 bits per heavy atom. The number of amides is 1. The zero-order chi connectivity index (χ0) is 14.9. The molecule has 0 spiro atoms. The summed E-state index contributed by atoms with van der Waals surface area (Å²) >= 11 is 3.40. The molecule has 0 saturated carbocycles. The van der Waals surface area contributed by atoms with Gasteiger partial charge >= 0.3 is 0 Å². The van der Waals surface area contributed by atoms with E-state index in [1.807, 2.05) is 28.1 Å². The molecule has 0 N–H and O–H groups in total. The van der Waals surface area contributed by atoms with E-state index in [1.54, 1.807) is 12.5 Å². The minimum absolute atomic E-state index is 0.0446. The second-order valence-electron chi connectivity index (χ2n) is 5.39. The Morgan fingerprint density at radius 2 is 2.41 bits per heavy atom. The van der Waals surface area contributed by atoms with Crippen LogP contribution in [0, 0.1) is 0 Å². The van der Waals surface area contributed by atoms with Crippen LogP contribution in [0.5, 0.6) is 0 Å². The standard InChI is InChI=1S/C15H16N2O3S2/c18-15(11-9-22-14(16-11)10-1-4-19-7-10)17-3-6-21-13-8-20-5-2-12(13)17/h1,4,7,9,12-13H,2-3,5-6,8H2/t12-,13-/m1/s1. The van der Waals surface area contributed by atoms with Gasteiger partial charge in [-0.1, -0.05) is 0 Å². The van der Waals surface area contributed by atoms with Crippen LogP contribution in [-0.4, -0.2) is 52.6 Å². The molecule has 0 aliphatic carbocycles. The number of hydrogen-bond donors (Lipinski definition) is 0.